The number of para-hydroxylation sites is 1. The molecule has 1 aromatic heterocycles. The summed E-state index contributed by atoms with van der Waals surface area (Å²) in [5.41, 5.74) is 0.398. The van der Waals surface area contributed by atoms with Gasteiger partial charge in [-0.05, 0) is 24.7 Å². The van der Waals surface area contributed by atoms with Crippen molar-refractivity contribution in [2.45, 2.75) is 13.5 Å². The molecule has 0 aliphatic carbocycles. The lowest BCUT2D eigenvalue weighted by atomic mass is 10.2. The van der Waals surface area contributed by atoms with E-state index in [1.54, 1.807) is 12.1 Å². The molecule has 0 radical (unpaired) electrons. The summed E-state index contributed by atoms with van der Waals surface area (Å²) in [6.07, 6.45) is 0. The maximum atomic E-state index is 13.4. The Morgan fingerprint density at radius 2 is 1.69 bits per heavy atom. The third-order valence-electron chi connectivity index (χ3n) is 5.43. The molecule has 1 saturated heterocycles. The lowest BCUT2D eigenvalue weighted by Crippen LogP contribution is -2.46. The first-order valence-electron chi connectivity index (χ1n) is 9.77. The van der Waals surface area contributed by atoms with Crippen molar-refractivity contribution in [1.82, 2.24) is 19.4 Å². The van der Waals surface area contributed by atoms with E-state index in [1.165, 1.54) is 10.6 Å². The van der Waals surface area contributed by atoms with Crippen molar-refractivity contribution in [2.24, 2.45) is 0 Å². The minimum Gasteiger partial charge on any atom is -0.301 e. The largest absolute Gasteiger partial charge is 0.301 e. The second kappa shape index (κ2) is 8.10. The van der Waals surface area contributed by atoms with Gasteiger partial charge in [-0.2, -0.15) is 0 Å². The van der Waals surface area contributed by atoms with E-state index >= 15 is 0 Å². The second-order valence-corrected chi connectivity index (χ2v) is 7.14. The Bertz CT molecular complexity index is 1090. The lowest BCUT2D eigenvalue weighted by molar-refractivity contribution is -0.383. The fourth-order valence-corrected chi connectivity index (χ4v) is 3.82. The SMILES string of the molecule is CCN1CCN(Cc2nc3cccc([N+](=O)[O-])c3c(=O)n2-c2ccccc2)CC1. The van der Waals surface area contributed by atoms with Gasteiger partial charge in [0.25, 0.3) is 11.2 Å². The molecule has 0 amide bonds. The number of piperazine rings is 1. The first-order chi connectivity index (χ1) is 14.1. The molecule has 8 heteroatoms. The number of non-ortho nitro benzene ring substituents is 1. The molecular weight excluding hydrogens is 370 g/mol. The summed E-state index contributed by atoms with van der Waals surface area (Å²) in [6.45, 7) is 7.44. The topological polar surface area (TPSA) is 84.5 Å². The van der Waals surface area contributed by atoms with Crippen molar-refractivity contribution in [1.29, 1.82) is 0 Å². The number of benzene rings is 2. The van der Waals surface area contributed by atoms with Crippen LogP contribution in [0.5, 0.6) is 0 Å². The average molecular weight is 393 g/mol. The fraction of sp³-hybridized carbons (Fsp3) is 0.333. The van der Waals surface area contributed by atoms with Gasteiger partial charge in [0.05, 0.1) is 22.7 Å². The molecule has 0 saturated carbocycles. The first kappa shape index (κ1) is 19.2. The van der Waals surface area contributed by atoms with E-state index in [0.29, 0.717) is 23.6 Å². The van der Waals surface area contributed by atoms with Crippen LogP contribution in [0.4, 0.5) is 5.69 Å². The van der Waals surface area contributed by atoms with Gasteiger partial charge < -0.3 is 4.90 Å². The standard InChI is InChI=1S/C21H23N5O3/c1-2-23-11-13-24(14-12-23)15-19-22-17-9-6-10-18(26(28)29)20(17)21(27)25(19)16-7-4-3-5-8-16/h3-10H,2,11-15H2,1H3. The number of nitro benzene ring substituents is 1. The summed E-state index contributed by atoms with van der Waals surface area (Å²) in [7, 11) is 0. The van der Waals surface area contributed by atoms with Crippen molar-refractivity contribution in [3.05, 3.63) is 74.8 Å². The van der Waals surface area contributed by atoms with Crippen LogP contribution in [0.15, 0.2) is 53.3 Å². The van der Waals surface area contributed by atoms with E-state index in [0.717, 1.165) is 32.7 Å². The van der Waals surface area contributed by atoms with Gasteiger partial charge in [0, 0.05) is 32.2 Å². The second-order valence-electron chi connectivity index (χ2n) is 7.14. The van der Waals surface area contributed by atoms with Gasteiger partial charge in [-0.3, -0.25) is 24.4 Å². The van der Waals surface area contributed by atoms with Crippen molar-refractivity contribution in [2.75, 3.05) is 32.7 Å². The molecule has 2 heterocycles. The number of rotatable bonds is 5. The Labute approximate surface area is 168 Å². The number of nitrogens with zero attached hydrogens (tertiary/aromatic N) is 5. The predicted molar refractivity (Wildman–Crippen MR) is 111 cm³/mol. The van der Waals surface area contributed by atoms with Gasteiger partial charge in [-0.1, -0.05) is 31.2 Å². The van der Waals surface area contributed by atoms with Crippen LogP contribution in [0.1, 0.15) is 12.7 Å². The van der Waals surface area contributed by atoms with Crippen LogP contribution in [0, 0.1) is 10.1 Å². The Morgan fingerprint density at radius 3 is 2.34 bits per heavy atom. The summed E-state index contributed by atoms with van der Waals surface area (Å²) in [5, 5.41) is 11.5. The van der Waals surface area contributed by atoms with Crippen LogP contribution in [0.3, 0.4) is 0 Å². The van der Waals surface area contributed by atoms with Crippen molar-refractivity contribution < 1.29 is 4.92 Å². The van der Waals surface area contributed by atoms with Gasteiger partial charge in [0.1, 0.15) is 11.2 Å². The van der Waals surface area contributed by atoms with E-state index in [2.05, 4.69) is 16.7 Å². The van der Waals surface area contributed by atoms with E-state index in [4.69, 9.17) is 4.98 Å². The molecule has 4 rings (SSSR count). The Morgan fingerprint density at radius 1 is 1.00 bits per heavy atom. The lowest BCUT2D eigenvalue weighted by Gasteiger charge is -2.34. The maximum Gasteiger partial charge on any atom is 0.284 e. The zero-order chi connectivity index (χ0) is 20.4. The normalized spacial score (nSPS) is 15.6. The molecule has 0 N–H and O–H groups in total. The number of hydrogen-bond acceptors (Lipinski definition) is 6. The molecule has 1 aliphatic rings. The highest BCUT2D eigenvalue weighted by Gasteiger charge is 2.23. The molecule has 1 fully saturated rings. The first-order valence-corrected chi connectivity index (χ1v) is 9.77. The molecule has 0 spiro atoms. The van der Waals surface area contributed by atoms with E-state index in [1.807, 2.05) is 30.3 Å². The number of nitro groups is 1. The van der Waals surface area contributed by atoms with Crippen LogP contribution in [-0.4, -0.2) is 57.0 Å². The summed E-state index contributed by atoms with van der Waals surface area (Å²) in [5.74, 6) is 0.596. The minimum absolute atomic E-state index is 0.0425. The van der Waals surface area contributed by atoms with Crippen LogP contribution in [0.25, 0.3) is 16.6 Å². The highest BCUT2D eigenvalue weighted by molar-refractivity contribution is 5.87. The zero-order valence-corrected chi connectivity index (χ0v) is 16.3. The number of aromatic nitrogens is 2. The molecule has 2 aromatic carbocycles. The Kier molecular flexibility index (Phi) is 5.37. The highest BCUT2D eigenvalue weighted by Crippen LogP contribution is 2.23. The third-order valence-corrected chi connectivity index (χ3v) is 5.43. The van der Waals surface area contributed by atoms with Gasteiger partial charge in [0.15, 0.2) is 0 Å². The maximum absolute atomic E-state index is 13.4. The van der Waals surface area contributed by atoms with E-state index < -0.39 is 10.5 Å². The number of hydrogen-bond donors (Lipinski definition) is 0. The van der Waals surface area contributed by atoms with Crippen molar-refractivity contribution in [3.63, 3.8) is 0 Å². The number of likely N-dealkylation sites (N-methyl/N-ethyl adjacent to an activating group) is 1. The Balaban J connectivity index is 1.85. The molecule has 8 nitrogen and oxygen atoms in total. The molecule has 29 heavy (non-hydrogen) atoms. The monoisotopic (exact) mass is 393 g/mol. The fourth-order valence-electron chi connectivity index (χ4n) is 3.82. The summed E-state index contributed by atoms with van der Waals surface area (Å²) >= 11 is 0. The molecule has 0 atom stereocenters. The van der Waals surface area contributed by atoms with Crippen LogP contribution in [0.2, 0.25) is 0 Å². The van der Waals surface area contributed by atoms with Crippen LogP contribution < -0.4 is 5.56 Å². The molecule has 1 aliphatic heterocycles. The molecule has 150 valence electrons. The van der Waals surface area contributed by atoms with Crippen LogP contribution in [-0.2, 0) is 6.54 Å². The van der Waals surface area contributed by atoms with Crippen molar-refractivity contribution >= 4 is 16.6 Å². The van der Waals surface area contributed by atoms with Gasteiger partial charge in [0.2, 0.25) is 0 Å². The molecule has 3 aromatic rings. The average Bonchev–Trinajstić information content (AvgIpc) is 2.74. The van der Waals surface area contributed by atoms with Gasteiger partial charge >= 0.3 is 0 Å². The van der Waals surface area contributed by atoms with Crippen molar-refractivity contribution in [3.8, 4) is 5.69 Å². The minimum atomic E-state index is -0.523. The summed E-state index contributed by atoms with van der Waals surface area (Å²) in [6, 6.07) is 13.8. The number of fused-ring (bicyclic) bond motifs is 1. The molecule has 0 bridgehead atoms. The smallest absolute Gasteiger partial charge is 0.284 e. The zero-order valence-electron chi connectivity index (χ0n) is 16.3. The van der Waals surface area contributed by atoms with Gasteiger partial charge in [-0.15, -0.1) is 0 Å². The molecular formula is C21H23N5O3. The third kappa shape index (κ3) is 3.76. The summed E-state index contributed by atoms with van der Waals surface area (Å²) < 4.78 is 1.52. The predicted octanol–water partition coefficient (Wildman–Crippen LogP) is 2.43. The Hall–Kier alpha value is -3.10. The van der Waals surface area contributed by atoms with Crippen LogP contribution >= 0.6 is 0 Å². The van der Waals surface area contributed by atoms with Gasteiger partial charge in [-0.25, -0.2) is 4.98 Å². The highest BCUT2D eigenvalue weighted by atomic mass is 16.6. The quantitative estimate of drug-likeness (QED) is 0.489. The summed E-state index contributed by atoms with van der Waals surface area (Å²) in [4.78, 5) is 33.7. The molecule has 0 unspecified atom stereocenters. The van der Waals surface area contributed by atoms with E-state index in [-0.39, 0.29) is 11.1 Å². The van der Waals surface area contributed by atoms with E-state index in [9.17, 15) is 14.9 Å².